The van der Waals surface area contributed by atoms with Crippen molar-refractivity contribution in [1.29, 1.82) is 0 Å². The van der Waals surface area contributed by atoms with Crippen LogP contribution in [0.3, 0.4) is 0 Å². The van der Waals surface area contributed by atoms with Gasteiger partial charge in [0, 0.05) is 24.0 Å². The third-order valence-corrected chi connectivity index (χ3v) is 6.94. The van der Waals surface area contributed by atoms with E-state index in [2.05, 4.69) is 15.6 Å². The van der Waals surface area contributed by atoms with E-state index in [4.69, 9.17) is 9.47 Å². The average molecular weight is 616 g/mol. The molecule has 0 aliphatic carbocycles. The summed E-state index contributed by atoms with van der Waals surface area (Å²) < 4.78 is 53.8. The monoisotopic (exact) mass is 615 g/mol. The van der Waals surface area contributed by atoms with Gasteiger partial charge in [-0.15, -0.1) is 0 Å². The molecule has 3 aromatic rings. The maximum absolute atomic E-state index is 15.0. The first kappa shape index (κ1) is 34.5. The maximum atomic E-state index is 15.0. The zero-order valence-corrected chi connectivity index (χ0v) is 25.4. The van der Waals surface area contributed by atoms with Crippen LogP contribution in [0, 0.1) is 29.3 Å². The Balaban J connectivity index is 1.95. The Kier molecular flexibility index (Phi) is 13.2. The largest absolute Gasteiger partial charge is 0.449 e. The fourth-order valence-corrected chi connectivity index (χ4v) is 4.48. The van der Waals surface area contributed by atoms with Crippen LogP contribution in [0.2, 0.25) is 0 Å². The molecule has 0 spiro atoms. The molecule has 0 fully saturated rings. The summed E-state index contributed by atoms with van der Waals surface area (Å²) in [5.41, 5.74) is 1.22. The molecule has 0 bridgehead atoms. The lowest BCUT2D eigenvalue weighted by Crippen LogP contribution is -2.48. The average Bonchev–Trinajstić information content (AvgIpc) is 2.99. The fourth-order valence-electron chi connectivity index (χ4n) is 4.48. The third kappa shape index (κ3) is 10.3. The number of alkyl carbamates (subject to hydrolysis) is 1. The summed E-state index contributed by atoms with van der Waals surface area (Å²) in [4.78, 5) is 30.8. The van der Waals surface area contributed by atoms with Crippen LogP contribution in [0.15, 0.2) is 60.9 Å². The first-order valence-corrected chi connectivity index (χ1v) is 14.6. The minimum absolute atomic E-state index is 0.0149. The number of anilines is 1. The lowest BCUT2D eigenvalue weighted by Gasteiger charge is -2.28. The zero-order chi connectivity index (χ0) is 32.2. The highest BCUT2D eigenvalue weighted by Crippen LogP contribution is 2.31. The highest BCUT2D eigenvalue weighted by atomic mass is 19.1. The van der Waals surface area contributed by atoms with Crippen molar-refractivity contribution in [3.63, 3.8) is 0 Å². The first-order chi connectivity index (χ1) is 21.0. The summed E-state index contributed by atoms with van der Waals surface area (Å²) in [6, 6.07) is 9.42. The van der Waals surface area contributed by atoms with Gasteiger partial charge in [-0.1, -0.05) is 45.0 Å². The van der Waals surface area contributed by atoms with Crippen molar-refractivity contribution in [3.05, 3.63) is 95.1 Å². The van der Waals surface area contributed by atoms with Crippen molar-refractivity contribution in [2.24, 2.45) is 11.8 Å². The number of pyridine rings is 1. The second-order valence-electron chi connectivity index (χ2n) is 11.3. The Hall–Kier alpha value is -3.96. The number of nitrogens with zero attached hydrogens (tertiary/aromatic N) is 1. The molecule has 238 valence electrons. The molecule has 0 unspecified atom stereocenters. The number of nitrogens with one attached hydrogen (secondary N) is 2. The number of hydrogen-bond acceptors (Lipinski definition) is 6. The van der Waals surface area contributed by atoms with Gasteiger partial charge in [-0.05, 0) is 61.1 Å². The van der Waals surface area contributed by atoms with E-state index in [9.17, 15) is 23.5 Å². The SMILES string of the molecule is CC(C)COC(=O)N[C@H](C(=O)Nc1cncc(F)c1CC[C@H](C)OC[C@H](C)CO)C(c1ccc(F)cc1)c1ccc(F)cc1. The number of carbonyl (C=O) groups excluding carboxylic acids is 2. The molecule has 8 nitrogen and oxygen atoms in total. The van der Waals surface area contributed by atoms with E-state index in [-0.39, 0.29) is 48.8 Å². The summed E-state index contributed by atoms with van der Waals surface area (Å²) in [7, 11) is 0. The highest BCUT2D eigenvalue weighted by molar-refractivity contribution is 5.98. The lowest BCUT2D eigenvalue weighted by molar-refractivity contribution is -0.118. The van der Waals surface area contributed by atoms with Crippen LogP contribution >= 0.6 is 0 Å². The normalized spacial score (nSPS) is 13.4. The molecule has 11 heteroatoms. The number of aromatic nitrogens is 1. The van der Waals surface area contributed by atoms with Gasteiger partial charge in [0.25, 0.3) is 0 Å². The van der Waals surface area contributed by atoms with E-state index < -0.39 is 41.4 Å². The van der Waals surface area contributed by atoms with Crippen molar-refractivity contribution < 1.29 is 37.3 Å². The van der Waals surface area contributed by atoms with Gasteiger partial charge in [0.05, 0.1) is 37.4 Å². The number of aliphatic hydroxyl groups is 1. The van der Waals surface area contributed by atoms with Gasteiger partial charge in [-0.25, -0.2) is 18.0 Å². The van der Waals surface area contributed by atoms with E-state index >= 15 is 4.39 Å². The maximum Gasteiger partial charge on any atom is 0.407 e. The van der Waals surface area contributed by atoms with E-state index in [1.165, 1.54) is 54.7 Å². The molecule has 0 aliphatic heterocycles. The predicted molar refractivity (Wildman–Crippen MR) is 161 cm³/mol. The van der Waals surface area contributed by atoms with Gasteiger partial charge in [0.15, 0.2) is 0 Å². The Bertz CT molecular complexity index is 1310. The van der Waals surface area contributed by atoms with E-state index in [0.29, 0.717) is 24.2 Å². The first-order valence-electron chi connectivity index (χ1n) is 14.6. The molecule has 0 aliphatic rings. The van der Waals surface area contributed by atoms with E-state index in [1.807, 2.05) is 27.7 Å². The van der Waals surface area contributed by atoms with Crippen LogP contribution in [0.5, 0.6) is 0 Å². The number of rotatable bonds is 15. The molecule has 3 atom stereocenters. The Morgan fingerprint density at radius 2 is 1.48 bits per heavy atom. The quantitative estimate of drug-likeness (QED) is 0.194. The number of carbonyl (C=O) groups is 2. The summed E-state index contributed by atoms with van der Waals surface area (Å²) in [6.45, 7) is 7.81. The van der Waals surface area contributed by atoms with Gasteiger partial charge in [0.1, 0.15) is 23.5 Å². The second-order valence-corrected chi connectivity index (χ2v) is 11.3. The smallest absolute Gasteiger partial charge is 0.407 e. The van der Waals surface area contributed by atoms with E-state index in [1.54, 1.807) is 0 Å². The topological polar surface area (TPSA) is 110 Å². The fraction of sp³-hybridized carbons (Fsp3) is 0.424. The van der Waals surface area contributed by atoms with Gasteiger partial charge in [0.2, 0.25) is 5.91 Å². The van der Waals surface area contributed by atoms with Gasteiger partial charge < -0.3 is 25.2 Å². The molecule has 1 heterocycles. The molecule has 1 aromatic heterocycles. The van der Waals surface area contributed by atoms with Crippen molar-refractivity contribution >= 4 is 17.7 Å². The molecule has 2 amide bonds. The molecular formula is C33H40F3N3O5. The van der Waals surface area contributed by atoms with Crippen LogP contribution in [0.4, 0.5) is 23.7 Å². The van der Waals surface area contributed by atoms with Crippen LogP contribution in [0.1, 0.15) is 56.7 Å². The van der Waals surface area contributed by atoms with Crippen LogP contribution in [-0.4, -0.2) is 54.1 Å². The lowest BCUT2D eigenvalue weighted by atomic mass is 9.84. The minimum Gasteiger partial charge on any atom is -0.449 e. The number of benzene rings is 2. The van der Waals surface area contributed by atoms with Crippen molar-refractivity contribution in [1.82, 2.24) is 10.3 Å². The van der Waals surface area contributed by atoms with Crippen LogP contribution < -0.4 is 10.6 Å². The van der Waals surface area contributed by atoms with Gasteiger partial charge in [-0.2, -0.15) is 0 Å². The van der Waals surface area contributed by atoms with Gasteiger partial charge in [-0.3, -0.25) is 9.78 Å². The molecular weight excluding hydrogens is 575 g/mol. The second kappa shape index (κ2) is 16.8. The Morgan fingerprint density at radius 3 is 2.02 bits per heavy atom. The molecule has 0 saturated carbocycles. The predicted octanol–water partition coefficient (Wildman–Crippen LogP) is 5.99. The Morgan fingerprint density at radius 1 is 0.886 bits per heavy atom. The number of halogens is 3. The van der Waals surface area contributed by atoms with Crippen molar-refractivity contribution in [2.75, 3.05) is 25.1 Å². The minimum atomic E-state index is -1.34. The molecule has 44 heavy (non-hydrogen) atoms. The zero-order valence-electron chi connectivity index (χ0n) is 25.4. The standard InChI is InChI=1S/C33H40F3N3O5/c1-20(2)18-44-33(42)39-31(30(23-6-10-25(34)11-7-23)24-8-12-26(35)13-9-24)32(41)38-29-16-37-15-28(36)27(29)14-5-22(4)43-19-21(3)17-40/h6-13,15-16,20-22,30-31,40H,5,14,17-19H2,1-4H3,(H,38,41)(H,39,42)/t21-,22+,31+/m1/s1. The molecule has 2 aromatic carbocycles. The molecule has 0 radical (unpaired) electrons. The summed E-state index contributed by atoms with van der Waals surface area (Å²) in [5.74, 6) is -3.29. The highest BCUT2D eigenvalue weighted by Gasteiger charge is 2.34. The van der Waals surface area contributed by atoms with Gasteiger partial charge >= 0.3 is 6.09 Å². The molecule has 3 rings (SSSR count). The molecule has 3 N–H and O–H groups in total. The van der Waals surface area contributed by atoms with Crippen LogP contribution in [-0.2, 0) is 20.7 Å². The molecule has 0 saturated heterocycles. The number of aliphatic hydroxyl groups excluding tert-OH is 1. The summed E-state index contributed by atoms with van der Waals surface area (Å²) in [5, 5.41) is 14.6. The summed E-state index contributed by atoms with van der Waals surface area (Å²) >= 11 is 0. The third-order valence-electron chi connectivity index (χ3n) is 6.94. The number of amides is 2. The number of hydrogen-bond donors (Lipinski definition) is 3. The number of ether oxygens (including phenoxy) is 2. The van der Waals surface area contributed by atoms with Crippen molar-refractivity contribution in [2.45, 2.75) is 58.6 Å². The van der Waals surface area contributed by atoms with Crippen molar-refractivity contribution in [3.8, 4) is 0 Å². The Labute approximate surface area is 256 Å². The van der Waals surface area contributed by atoms with Crippen LogP contribution in [0.25, 0.3) is 0 Å². The van der Waals surface area contributed by atoms with E-state index in [0.717, 1.165) is 6.20 Å². The summed E-state index contributed by atoms with van der Waals surface area (Å²) in [6.07, 6.45) is 1.85.